The lowest BCUT2D eigenvalue weighted by Gasteiger charge is -2.17. The number of carbonyl (C=O) groups excluding carboxylic acids is 1. The minimum atomic E-state index is -0.181. The Morgan fingerprint density at radius 3 is 2.81 bits per heavy atom. The van der Waals surface area contributed by atoms with E-state index in [1.54, 1.807) is 0 Å². The van der Waals surface area contributed by atoms with Gasteiger partial charge in [0, 0.05) is 6.54 Å². The number of ether oxygens (including phenoxy) is 1. The van der Waals surface area contributed by atoms with Gasteiger partial charge in [-0.2, -0.15) is 0 Å². The first-order valence-corrected chi connectivity index (χ1v) is 5.98. The molecule has 1 aromatic rings. The van der Waals surface area contributed by atoms with Gasteiger partial charge in [-0.1, -0.05) is 6.92 Å². The predicted octanol–water partition coefficient (Wildman–Crippen LogP) is 2.43. The molecule has 0 aromatic carbocycles. The van der Waals surface area contributed by atoms with Crippen LogP contribution in [-0.2, 0) is 16.1 Å². The third kappa shape index (κ3) is 4.37. The molecule has 0 aliphatic rings. The molecule has 1 rings (SSSR count). The first-order valence-electron chi connectivity index (χ1n) is 5.19. The zero-order valence-electron chi connectivity index (χ0n) is 9.53. The third-order valence-corrected chi connectivity index (χ3v) is 2.74. The van der Waals surface area contributed by atoms with Gasteiger partial charge >= 0.3 is 5.97 Å². The number of carbonyl (C=O) groups is 1. The maximum atomic E-state index is 11.0. The summed E-state index contributed by atoms with van der Waals surface area (Å²) in [7, 11) is 1.41. The molecule has 0 atom stereocenters. The monoisotopic (exact) mass is 289 g/mol. The zero-order valence-corrected chi connectivity index (χ0v) is 11.1. The largest absolute Gasteiger partial charge is 0.469 e. The van der Waals surface area contributed by atoms with Crippen molar-refractivity contribution in [2.24, 2.45) is 0 Å². The molecular formula is C11H16BrNO3. The maximum Gasteiger partial charge on any atom is 0.306 e. The summed E-state index contributed by atoms with van der Waals surface area (Å²) in [5.41, 5.74) is 0. The highest BCUT2D eigenvalue weighted by molar-refractivity contribution is 9.10. The van der Waals surface area contributed by atoms with Crippen molar-refractivity contribution >= 4 is 21.9 Å². The molecule has 0 amide bonds. The van der Waals surface area contributed by atoms with E-state index in [9.17, 15) is 4.79 Å². The average Bonchev–Trinajstić information content (AvgIpc) is 2.69. The molecule has 0 radical (unpaired) electrons. The van der Waals surface area contributed by atoms with Crippen molar-refractivity contribution in [1.29, 1.82) is 0 Å². The molecule has 0 aliphatic heterocycles. The molecule has 5 heteroatoms. The van der Waals surface area contributed by atoms with E-state index in [-0.39, 0.29) is 5.97 Å². The maximum absolute atomic E-state index is 11.0. The summed E-state index contributed by atoms with van der Waals surface area (Å²) in [6.45, 7) is 4.31. The number of esters is 1. The van der Waals surface area contributed by atoms with Crippen molar-refractivity contribution in [1.82, 2.24) is 4.90 Å². The average molecular weight is 290 g/mol. The van der Waals surface area contributed by atoms with Gasteiger partial charge in [0.25, 0.3) is 0 Å². The second-order valence-electron chi connectivity index (χ2n) is 3.40. The lowest BCUT2D eigenvalue weighted by atomic mass is 10.3. The standard InChI is InChI=1S/C11H16BrNO3/c1-3-13(7-6-11(14)15-2)8-9-4-5-10(12)16-9/h4-5H,3,6-8H2,1-2H3. The second-order valence-corrected chi connectivity index (χ2v) is 4.18. The highest BCUT2D eigenvalue weighted by Crippen LogP contribution is 2.15. The number of hydrogen-bond acceptors (Lipinski definition) is 4. The van der Waals surface area contributed by atoms with Crippen LogP contribution in [0.25, 0.3) is 0 Å². The topological polar surface area (TPSA) is 42.7 Å². The van der Waals surface area contributed by atoms with Crippen LogP contribution < -0.4 is 0 Å². The van der Waals surface area contributed by atoms with Crippen LogP contribution in [0.5, 0.6) is 0 Å². The first-order chi connectivity index (χ1) is 7.65. The first kappa shape index (κ1) is 13.3. The van der Waals surface area contributed by atoms with E-state index in [1.807, 2.05) is 12.1 Å². The predicted molar refractivity (Wildman–Crippen MR) is 64.0 cm³/mol. The Kier molecular flexibility index (Phi) is 5.55. The molecule has 0 fully saturated rings. The number of halogens is 1. The van der Waals surface area contributed by atoms with E-state index in [0.717, 1.165) is 17.0 Å². The summed E-state index contributed by atoms with van der Waals surface area (Å²) in [5, 5.41) is 0. The normalized spacial score (nSPS) is 10.8. The minimum absolute atomic E-state index is 0.181. The molecule has 0 aliphatic carbocycles. The lowest BCUT2D eigenvalue weighted by molar-refractivity contribution is -0.141. The van der Waals surface area contributed by atoms with Gasteiger partial charge < -0.3 is 9.15 Å². The molecule has 0 bridgehead atoms. The molecule has 0 saturated heterocycles. The highest BCUT2D eigenvalue weighted by atomic mass is 79.9. The summed E-state index contributed by atoms with van der Waals surface area (Å²) >= 11 is 3.26. The van der Waals surface area contributed by atoms with Crippen LogP contribution in [-0.4, -0.2) is 31.1 Å². The Labute approximate surface area is 104 Å². The Morgan fingerprint density at radius 1 is 1.56 bits per heavy atom. The molecule has 90 valence electrons. The third-order valence-electron chi connectivity index (χ3n) is 2.32. The van der Waals surface area contributed by atoms with Crippen molar-refractivity contribution in [3.63, 3.8) is 0 Å². The quantitative estimate of drug-likeness (QED) is 0.755. The molecule has 0 saturated carbocycles. The number of rotatable bonds is 6. The van der Waals surface area contributed by atoms with Crippen molar-refractivity contribution < 1.29 is 13.9 Å². The van der Waals surface area contributed by atoms with Crippen LogP contribution >= 0.6 is 15.9 Å². The lowest BCUT2D eigenvalue weighted by Crippen LogP contribution is -2.25. The Bertz CT molecular complexity index is 338. The van der Waals surface area contributed by atoms with Crippen LogP contribution in [0.2, 0.25) is 0 Å². The van der Waals surface area contributed by atoms with Gasteiger partial charge in [0.15, 0.2) is 4.67 Å². The van der Waals surface area contributed by atoms with Gasteiger partial charge in [-0.25, -0.2) is 0 Å². The zero-order chi connectivity index (χ0) is 12.0. The fraction of sp³-hybridized carbons (Fsp3) is 0.545. The van der Waals surface area contributed by atoms with E-state index in [2.05, 4.69) is 32.5 Å². The molecular weight excluding hydrogens is 274 g/mol. The van der Waals surface area contributed by atoms with Gasteiger partial charge in [0.2, 0.25) is 0 Å². The van der Waals surface area contributed by atoms with Crippen LogP contribution in [0.15, 0.2) is 21.2 Å². The van der Waals surface area contributed by atoms with Gasteiger partial charge in [0.1, 0.15) is 5.76 Å². The second kappa shape index (κ2) is 6.70. The van der Waals surface area contributed by atoms with Crippen LogP contribution in [0.4, 0.5) is 0 Å². The summed E-state index contributed by atoms with van der Waals surface area (Å²) < 4.78 is 10.7. The molecule has 4 nitrogen and oxygen atoms in total. The van der Waals surface area contributed by atoms with Crippen molar-refractivity contribution in [3.05, 3.63) is 22.6 Å². The van der Waals surface area contributed by atoms with E-state index in [4.69, 9.17) is 4.42 Å². The highest BCUT2D eigenvalue weighted by Gasteiger charge is 2.09. The minimum Gasteiger partial charge on any atom is -0.469 e. The smallest absolute Gasteiger partial charge is 0.306 e. The van der Waals surface area contributed by atoms with E-state index in [0.29, 0.717) is 19.5 Å². The van der Waals surface area contributed by atoms with Gasteiger partial charge in [0.05, 0.1) is 20.1 Å². The van der Waals surface area contributed by atoms with Crippen LogP contribution in [0.3, 0.4) is 0 Å². The number of hydrogen-bond donors (Lipinski definition) is 0. The van der Waals surface area contributed by atoms with E-state index in [1.165, 1.54) is 7.11 Å². The van der Waals surface area contributed by atoms with E-state index < -0.39 is 0 Å². The summed E-state index contributed by atoms with van der Waals surface area (Å²) in [4.78, 5) is 13.1. The van der Waals surface area contributed by atoms with Crippen LogP contribution in [0, 0.1) is 0 Å². The van der Waals surface area contributed by atoms with Crippen molar-refractivity contribution in [3.8, 4) is 0 Å². The molecule has 1 heterocycles. The molecule has 0 unspecified atom stereocenters. The number of furan rings is 1. The van der Waals surface area contributed by atoms with Gasteiger partial charge in [-0.15, -0.1) is 0 Å². The summed E-state index contributed by atoms with van der Waals surface area (Å²) in [6, 6.07) is 3.79. The summed E-state index contributed by atoms with van der Waals surface area (Å²) in [6.07, 6.45) is 0.409. The Hall–Kier alpha value is -0.810. The Morgan fingerprint density at radius 2 is 2.31 bits per heavy atom. The fourth-order valence-electron chi connectivity index (χ4n) is 1.36. The number of nitrogens with zero attached hydrogens (tertiary/aromatic N) is 1. The van der Waals surface area contributed by atoms with Crippen molar-refractivity contribution in [2.75, 3.05) is 20.2 Å². The van der Waals surface area contributed by atoms with Crippen molar-refractivity contribution in [2.45, 2.75) is 19.9 Å². The Balaban J connectivity index is 2.40. The fourth-order valence-corrected chi connectivity index (χ4v) is 1.70. The molecule has 0 spiro atoms. The molecule has 0 N–H and O–H groups in total. The molecule has 16 heavy (non-hydrogen) atoms. The SMILES string of the molecule is CCN(CCC(=O)OC)Cc1ccc(Br)o1. The van der Waals surface area contributed by atoms with Gasteiger partial charge in [-0.3, -0.25) is 9.69 Å². The van der Waals surface area contributed by atoms with Gasteiger partial charge in [-0.05, 0) is 34.6 Å². The van der Waals surface area contributed by atoms with E-state index >= 15 is 0 Å². The number of methoxy groups -OCH3 is 1. The summed E-state index contributed by atoms with van der Waals surface area (Å²) in [5.74, 6) is 0.706. The molecule has 1 aromatic heterocycles. The van der Waals surface area contributed by atoms with Crippen LogP contribution in [0.1, 0.15) is 19.1 Å².